The third kappa shape index (κ3) is 5.48. The summed E-state index contributed by atoms with van der Waals surface area (Å²) in [7, 11) is 2.96. The van der Waals surface area contributed by atoms with Gasteiger partial charge in [0, 0.05) is 49.3 Å². The third-order valence-electron chi connectivity index (χ3n) is 8.12. The van der Waals surface area contributed by atoms with Crippen LogP contribution in [0.15, 0.2) is 71.1 Å². The van der Waals surface area contributed by atoms with E-state index < -0.39 is 11.4 Å². The van der Waals surface area contributed by atoms with Gasteiger partial charge < -0.3 is 24.8 Å². The number of hydrogen-bond donors (Lipinski definition) is 2. The summed E-state index contributed by atoms with van der Waals surface area (Å²) in [5.74, 6) is 0.444. The Balaban J connectivity index is 0.000000398. The fraction of sp³-hybridized carbons (Fsp3) is 0.406. The van der Waals surface area contributed by atoms with Crippen molar-refractivity contribution in [3.8, 4) is 11.5 Å². The molecule has 2 aliphatic heterocycles. The number of ether oxygens (including phenoxy) is 2. The predicted octanol–water partition coefficient (Wildman–Crippen LogP) is 4.74. The van der Waals surface area contributed by atoms with Gasteiger partial charge in [0.25, 0.3) is 0 Å². The maximum Gasteiger partial charge on any atom is 0.336 e. The fourth-order valence-electron chi connectivity index (χ4n) is 6.22. The molecule has 5 rings (SSSR count). The average molecular weight is 547 g/mol. The second-order valence-corrected chi connectivity index (χ2v) is 10.6. The van der Waals surface area contributed by atoms with Crippen LogP contribution in [-0.2, 0) is 24.5 Å². The monoisotopic (exact) mass is 546 g/mol. The number of benzene rings is 2. The van der Waals surface area contributed by atoms with Gasteiger partial charge >= 0.3 is 5.97 Å². The van der Waals surface area contributed by atoms with Gasteiger partial charge in [0.05, 0.1) is 25.2 Å². The van der Waals surface area contributed by atoms with Crippen molar-refractivity contribution < 1.29 is 29.0 Å². The van der Waals surface area contributed by atoms with Crippen LogP contribution in [0.5, 0.6) is 11.5 Å². The lowest BCUT2D eigenvalue weighted by Gasteiger charge is -2.43. The molecule has 2 N–H and O–H groups in total. The van der Waals surface area contributed by atoms with Gasteiger partial charge in [0.2, 0.25) is 5.91 Å². The highest BCUT2D eigenvalue weighted by Gasteiger charge is 2.49. The van der Waals surface area contributed by atoms with Gasteiger partial charge in [-0.2, -0.15) is 0 Å². The van der Waals surface area contributed by atoms with Crippen molar-refractivity contribution in [2.75, 3.05) is 27.3 Å². The maximum atomic E-state index is 13.7. The standard InChI is InChI=1S/C26H27NO5.C6H11NO/c1-15-23(25(30)32-4)26(2,17-8-7-9-18(28)14-17)24-20(27-15)12-16(13-21(24)29)19-10-5-6-11-22(19)31-3;1-6(8)7-4-2-3-5-7/h5-11,14,16,27-28H,12-13H2,1-4H3;2-5H2,1H3/t16?,26-;/m0./s1. The number of para-hydroxylation sites is 1. The van der Waals surface area contributed by atoms with E-state index in [1.807, 2.05) is 49.1 Å². The summed E-state index contributed by atoms with van der Waals surface area (Å²) in [6.07, 6.45) is 3.28. The molecule has 8 heteroatoms. The summed E-state index contributed by atoms with van der Waals surface area (Å²) in [5, 5.41) is 13.5. The number of likely N-dealkylation sites (tertiary alicyclic amines) is 1. The topological polar surface area (TPSA) is 105 Å². The van der Waals surface area contributed by atoms with E-state index in [9.17, 15) is 19.5 Å². The Kier molecular flexibility index (Phi) is 8.67. The largest absolute Gasteiger partial charge is 0.508 e. The number of hydrogen-bond acceptors (Lipinski definition) is 7. The molecule has 1 unspecified atom stereocenters. The van der Waals surface area contributed by atoms with Crippen molar-refractivity contribution >= 4 is 17.7 Å². The lowest BCUT2D eigenvalue weighted by molar-refractivity contribution is -0.137. The molecule has 2 aromatic carbocycles. The molecule has 0 saturated carbocycles. The molecule has 212 valence electrons. The number of allylic oxidation sites excluding steroid dienone is 3. The van der Waals surface area contributed by atoms with E-state index in [-0.39, 0.29) is 23.4 Å². The van der Waals surface area contributed by atoms with Gasteiger partial charge in [-0.1, -0.05) is 30.3 Å². The molecule has 1 amide bonds. The lowest BCUT2D eigenvalue weighted by Crippen LogP contribution is -2.45. The second-order valence-electron chi connectivity index (χ2n) is 10.6. The number of rotatable bonds is 4. The highest BCUT2D eigenvalue weighted by atomic mass is 16.5. The van der Waals surface area contributed by atoms with E-state index >= 15 is 0 Å². The minimum Gasteiger partial charge on any atom is -0.508 e. The Morgan fingerprint density at radius 3 is 2.35 bits per heavy atom. The maximum absolute atomic E-state index is 13.7. The Labute approximate surface area is 235 Å². The van der Waals surface area contributed by atoms with Crippen LogP contribution >= 0.6 is 0 Å². The Morgan fingerprint density at radius 2 is 1.75 bits per heavy atom. The zero-order valence-electron chi connectivity index (χ0n) is 23.9. The van der Waals surface area contributed by atoms with Crippen LogP contribution in [-0.4, -0.2) is 55.0 Å². The summed E-state index contributed by atoms with van der Waals surface area (Å²) in [5.41, 5.74) is 2.92. The number of nitrogens with one attached hydrogen (secondary N) is 1. The number of amides is 1. The highest BCUT2D eigenvalue weighted by Crippen LogP contribution is 2.50. The summed E-state index contributed by atoms with van der Waals surface area (Å²) < 4.78 is 10.6. The molecule has 1 fully saturated rings. The molecule has 8 nitrogen and oxygen atoms in total. The number of aromatic hydroxyl groups is 1. The van der Waals surface area contributed by atoms with Gasteiger partial charge in [0.1, 0.15) is 11.5 Å². The van der Waals surface area contributed by atoms with E-state index in [1.54, 1.807) is 32.2 Å². The predicted molar refractivity (Wildman–Crippen MR) is 152 cm³/mol. The van der Waals surface area contributed by atoms with Gasteiger partial charge in [-0.15, -0.1) is 0 Å². The average Bonchev–Trinajstić information content (AvgIpc) is 3.48. The van der Waals surface area contributed by atoms with Gasteiger partial charge in [-0.25, -0.2) is 4.79 Å². The molecule has 0 spiro atoms. The highest BCUT2D eigenvalue weighted by molar-refractivity contribution is 6.06. The first-order valence-electron chi connectivity index (χ1n) is 13.6. The number of methoxy groups -OCH3 is 2. The summed E-state index contributed by atoms with van der Waals surface area (Å²) in [4.78, 5) is 39.0. The second kappa shape index (κ2) is 12.0. The van der Waals surface area contributed by atoms with E-state index in [0.29, 0.717) is 35.2 Å². The summed E-state index contributed by atoms with van der Waals surface area (Å²) >= 11 is 0. The molecule has 40 heavy (non-hydrogen) atoms. The first kappa shape index (κ1) is 28.9. The Hall–Kier alpha value is -4.07. The minimum atomic E-state index is -1.06. The normalized spacial score (nSPS) is 22.2. The molecule has 0 radical (unpaired) electrons. The van der Waals surface area contributed by atoms with Gasteiger partial charge in [-0.05, 0) is 62.4 Å². The molecular formula is C32H38N2O6. The van der Waals surface area contributed by atoms with Crippen molar-refractivity contribution in [1.29, 1.82) is 0 Å². The minimum absolute atomic E-state index is 0.0468. The number of phenolic OH excluding ortho intramolecular Hbond substituents is 1. The number of Topliss-reactive ketones (excluding diaryl/α,β-unsaturated/α-hetero) is 1. The quantitative estimate of drug-likeness (QED) is 0.534. The van der Waals surface area contributed by atoms with Crippen LogP contribution in [0.25, 0.3) is 0 Å². The molecule has 3 aliphatic rings. The number of carbonyl (C=O) groups is 3. The summed E-state index contributed by atoms with van der Waals surface area (Å²) in [6.45, 7) is 7.26. The first-order valence-corrected chi connectivity index (χ1v) is 13.6. The molecule has 2 atom stereocenters. The zero-order valence-corrected chi connectivity index (χ0v) is 23.9. The van der Waals surface area contributed by atoms with E-state index in [2.05, 4.69) is 5.32 Å². The first-order chi connectivity index (χ1) is 19.1. The molecule has 2 aromatic rings. The van der Waals surface area contributed by atoms with Crippen LogP contribution in [0.3, 0.4) is 0 Å². The third-order valence-corrected chi connectivity index (χ3v) is 8.12. The van der Waals surface area contributed by atoms with Crippen molar-refractivity contribution in [3.05, 3.63) is 82.2 Å². The molecule has 0 aromatic heterocycles. The molecule has 2 heterocycles. The molecule has 1 aliphatic carbocycles. The van der Waals surface area contributed by atoms with Crippen molar-refractivity contribution in [2.45, 2.75) is 57.8 Å². The van der Waals surface area contributed by atoms with Crippen molar-refractivity contribution in [1.82, 2.24) is 10.2 Å². The van der Waals surface area contributed by atoms with Crippen molar-refractivity contribution in [2.24, 2.45) is 0 Å². The smallest absolute Gasteiger partial charge is 0.336 e. The van der Waals surface area contributed by atoms with Crippen LogP contribution in [0.2, 0.25) is 0 Å². The number of nitrogens with zero attached hydrogens (tertiary/aromatic N) is 1. The van der Waals surface area contributed by atoms with Gasteiger partial charge in [-0.3, -0.25) is 9.59 Å². The van der Waals surface area contributed by atoms with E-state index in [0.717, 1.165) is 30.1 Å². The van der Waals surface area contributed by atoms with Crippen molar-refractivity contribution in [3.63, 3.8) is 0 Å². The van der Waals surface area contributed by atoms with Crippen LogP contribution in [0.1, 0.15) is 63.5 Å². The van der Waals surface area contributed by atoms with Crippen LogP contribution in [0.4, 0.5) is 0 Å². The zero-order chi connectivity index (χ0) is 29.0. The van der Waals surface area contributed by atoms with E-state index in [1.165, 1.54) is 20.0 Å². The number of phenols is 1. The van der Waals surface area contributed by atoms with Crippen LogP contribution < -0.4 is 10.1 Å². The Bertz CT molecular complexity index is 1370. The number of ketones is 1. The SMILES string of the molecule is CC(=O)N1CCCC1.COC(=O)C1=C(C)NC2=C(C(=O)CC(c3ccccc3OC)C2)[C@@]1(C)c1cccc(O)c1. The summed E-state index contributed by atoms with van der Waals surface area (Å²) in [6, 6.07) is 14.4. The fourth-order valence-corrected chi connectivity index (χ4v) is 6.22. The van der Waals surface area contributed by atoms with E-state index in [4.69, 9.17) is 9.47 Å². The number of dihydropyridines is 1. The number of esters is 1. The molecule has 1 saturated heterocycles. The molecular weight excluding hydrogens is 508 g/mol. The Morgan fingerprint density at radius 1 is 1.05 bits per heavy atom. The molecule has 0 bridgehead atoms. The van der Waals surface area contributed by atoms with Gasteiger partial charge in [0.15, 0.2) is 5.78 Å². The lowest BCUT2D eigenvalue weighted by atomic mass is 9.62. The van der Waals surface area contributed by atoms with Crippen LogP contribution in [0, 0.1) is 0 Å². The number of carbonyl (C=O) groups excluding carboxylic acids is 3.